The largest absolute Gasteiger partial charge is 0.456 e. The minimum Gasteiger partial charge on any atom is -0.456 e. The smallest absolute Gasteiger partial charge is 0.222 e. The molecule has 2 aliphatic heterocycles. The number of rotatable bonds is 5. The normalized spacial score (nSPS) is 19.0. The van der Waals surface area contributed by atoms with Crippen molar-refractivity contribution in [2.75, 3.05) is 39.4 Å². The number of hydrogen-bond acceptors (Lipinski definition) is 4. The summed E-state index contributed by atoms with van der Waals surface area (Å²) in [6.45, 7) is 5.98. The number of carbonyl (C=O) groups excluding carboxylic acids is 1. The summed E-state index contributed by atoms with van der Waals surface area (Å²) in [4.78, 5) is 16.9. The van der Waals surface area contributed by atoms with Crippen LogP contribution in [0.2, 0.25) is 0 Å². The van der Waals surface area contributed by atoms with Crippen LogP contribution in [0.25, 0.3) is 21.9 Å². The van der Waals surface area contributed by atoms with Crippen molar-refractivity contribution in [3.05, 3.63) is 48.0 Å². The highest BCUT2D eigenvalue weighted by molar-refractivity contribution is 6.05. The summed E-state index contributed by atoms with van der Waals surface area (Å²) < 4.78 is 11.5. The Morgan fingerprint density at radius 1 is 0.933 bits per heavy atom. The van der Waals surface area contributed by atoms with Crippen molar-refractivity contribution >= 4 is 27.8 Å². The minimum atomic E-state index is 0.303. The molecule has 0 saturated carbocycles. The summed E-state index contributed by atoms with van der Waals surface area (Å²) >= 11 is 0. The Balaban J connectivity index is 1.16. The molecule has 5 nitrogen and oxygen atoms in total. The topological polar surface area (TPSA) is 45.9 Å². The fourth-order valence-electron chi connectivity index (χ4n) is 4.90. The number of furan rings is 1. The highest BCUT2D eigenvalue weighted by Gasteiger charge is 2.23. The summed E-state index contributed by atoms with van der Waals surface area (Å²) in [7, 11) is 0. The second kappa shape index (κ2) is 8.78. The molecule has 0 radical (unpaired) electrons. The second-order valence-corrected chi connectivity index (χ2v) is 8.64. The number of morpholine rings is 1. The number of carbonyl (C=O) groups is 1. The van der Waals surface area contributed by atoms with Gasteiger partial charge in [-0.25, -0.2) is 0 Å². The fraction of sp³-hybridized carbons (Fsp3) is 0.480. The van der Waals surface area contributed by atoms with E-state index >= 15 is 0 Å². The number of ether oxygens (including phenoxy) is 1. The first kappa shape index (κ1) is 19.6. The summed E-state index contributed by atoms with van der Waals surface area (Å²) in [5.41, 5.74) is 3.25. The maximum atomic E-state index is 12.4. The zero-order valence-corrected chi connectivity index (χ0v) is 17.5. The van der Waals surface area contributed by atoms with Gasteiger partial charge < -0.3 is 14.1 Å². The summed E-state index contributed by atoms with van der Waals surface area (Å²) in [6.07, 6.45) is 4.05. The molecule has 2 aromatic carbocycles. The molecule has 2 fully saturated rings. The molecule has 5 heteroatoms. The zero-order valence-electron chi connectivity index (χ0n) is 17.5. The number of amides is 1. The quantitative estimate of drug-likeness (QED) is 0.629. The van der Waals surface area contributed by atoms with Gasteiger partial charge in [-0.15, -0.1) is 0 Å². The molecule has 2 saturated heterocycles. The molecule has 3 aromatic rings. The van der Waals surface area contributed by atoms with E-state index in [4.69, 9.17) is 9.15 Å². The van der Waals surface area contributed by atoms with Crippen LogP contribution in [0, 0.1) is 5.92 Å². The van der Waals surface area contributed by atoms with E-state index in [-0.39, 0.29) is 0 Å². The molecule has 0 atom stereocenters. The van der Waals surface area contributed by atoms with Crippen molar-refractivity contribution in [1.29, 1.82) is 0 Å². The first-order valence-corrected chi connectivity index (χ1v) is 11.2. The highest BCUT2D eigenvalue weighted by Crippen LogP contribution is 2.32. The first-order chi connectivity index (χ1) is 14.8. The minimum absolute atomic E-state index is 0.303. The second-order valence-electron chi connectivity index (χ2n) is 8.64. The van der Waals surface area contributed by atoms with Crippen molar-refractivity contribution in [3.8, 4) is 0 Å². The lowest BCUT2D eigenvalue weighted by molar-refractivity contribution is -0.135. The van der Waals surface area contributed by atoms with Gasteiger partial charge in [0.05, 0.1) is 13.2 Å². The molecule has 158 valence electrons. The van der Waals surface area contributed by atoms with Crippen LogP contribution in [0.5, 0.6) is 0 Å². The lowest BCUT2D eigenvalue weighted by Gasteiger charge is -2.32. The predicted molar refractivity (Wildman–Crippen MR) is 118 cm³/mol. The van der Waals surface area contributed by atoms with Crippen LogP contribution in [-0.2, 0) is 16.1 Å². The number of para-hydroxylation sites is 2. The average molecular weight is 407 g/mol. The average Bonchev–Trinajstić information content (AvgIpc) is 3.19. The maximum Gasteiger partial charge on any atom is 0.222 e. The fourth-order valence-corrected chi connectivity index (χ4v) is 4.90. The molecule has 0 bridgehead atoms. The summed E-state index contributed by atoms with van der Waals surface area (Å²) in [5, 5.41) is 2.40. The van der Waals surface area contributed by atoms with Crippen LogP contribution < -0.4 is 0 Å². The Kier molecular flexibility index (Phi) is 5.73. The number of benzene rings is 2. The molecular weight excluding hydrogens is 376 g/mol. The Morgan fingerprint density at radius 3 is 2.53 bits per heavy atom. The molecule has 1 aromatic heterocycles. The van der Waals surface area contributed by atoms with Crippen LogP contribution in [0.3, 0.4) is 0 Å². The van der Waals surface area contributed by atoms with Gasteiger partial charge in [-0.05, 0) is 44.3 Å². The molecule has 30 heavy (non-hydrogen) atoms. The molecular formula is C25H30N2O3. The number of fused-ring (bicyclic) bond motifs is 3. The summed E-state index contributed by atoms with van der Waals surface area (Å²) in [5.74, 6) is 0.963. The van der Waals surface area contributed by atoms with Crippen LogP contribution in [0.15, 0.2) is 46.9 Å². The van der Waals surface area contributed by atoms with Gasteiger partial charge in [-0.1, -0.05) is 36.4 Å². The molecule has 0 spiro atoms. The molecule has 5 rings (SSSR count). The number of nitrogens with zero attached hydrogens (tertiary/aromatic N) is 2. The Morgan fingerprint density at radius 2 is 1.70 bits per heavy atom. The SMILES string of the molecule is O=C(CCC1CCN(Cc2cccc3c2oc2ccccc23)CC1)N1CCOCC1. The van der Waals surface area contributed by atoms with Crippen molar-refractivity contribution in [2.45, 2.75) is 32.2 Å². The third-order valence-electron chi connectivity index (χ3n) is 6.72. The molecule has 0 unspecified atom stereocenters. The Hall–Kier alpha value is -2.37. The van der Waals surface area contributed by atoms with Gasteiger partial charge in [-0.2, -0.15) is 0 Å². The van der Waals surface area contributed by atoms with Gasteiger partial charge in [0.1, 0.15) is 11.2 Å². The van der Waals surface area contributed by atoms with E-state index in [9.17, 15) is 4.79 Å². The monoisotopic (exact) mass is 406 g/mol. The third kappa shape index (κ3) is 4.09. The first-order valence-electron chi connectivity index (χ1n) is 11.2. The van der Waals surface area contributed by atoms with Crippen molar-refractivity contribution in [1.82, 2.24) is 9.80 Å². The number of hydrogen-bond donors (Lipinski definition) is 0. The predicted octanol–water partition coefficient (Wildman–Crippen LogP) is 4.44. The van der Waals surface area contributed by atoms with Gasteiger partial charge in [0.2, 0.25) is 5.91 Å². The van der Waals surface area contributed by atoms with E-state index in [2.05, 4.69) is 35.2 Å². The van der Waals surface area contributed by atoms with Crippen LogP contribution in [-0.4, -0.2) is 55.1 Å². The molecule has 0 N–H and O–H groups in total. The zero-order chi connectivity index (χ0) is 20.3. The van der Waals surface area contributed by atoms with Gasteiger partial charge in [0, 0.05) is 42.4 Å². The van der Waals surface area contributed by atoms with Gasteiger partial charge >= 0.3 is 0 Å². The van der Waals surface area contributed by atoms with Crippen molar-refractivity contribution in [3.63, 3.8) is 0 Å². The molecule has 3 heterocycles. The van der Waals surface area contributed by atoms with E-state index in [1.54, 1.807) is 0 Å². The lowest BCUT2D eigenvalue weighted by Crippen LogP contribution is -2.41. The Labute approximate surface area is 177 Å². The Bertz CT molecular complexity index is 1010. The van der Waals surface area contributed by atoms with Gasteiger partial charge in [0.15, 0.2) is 0 Å². The van der Waals surface area contributed by atoms with E-state index in [1.165, 1.54) is 29.2 Å². The van der Waals surface area contributed by atoms with E-state index in [0.29, 0.717) is 31.5 Å². The third-order valence-corrected chi connectivity index (χ3v) is 6.72. The molecule has 2 aliphatic rings. The standard InChI is InChI=1S/C25H30N2O3/c28-24(27-14-16-29-17-15-27)9-8-19-10-12-26(13-11-19)18-20-4-3-6-22-21-5-1-2-7-23(21)30-25(20)22/h1-7,19H,8-18H2. The maximum absolute atomic E-state index is 12.4. The van der Waals surface area contributed by atoms with Crippen molar-refractivity contribution in [2.24, 2.45) is 5.92 Å². The summed E-state index contributed by atoms with van der Waals surface area (Å²) in [6, 6.07) is 14.8. The van der Waals surface area contributed by atoms with Gasteiger partial charge in [-0.3, -0.25) is 9.69 Å². The van der Waals surface area contributed by atoms with Crippen LogP contribution in [0.4, 0.5) is 0 Å². The van der Waals surface area contributed by atoms with E-state index in [1.807, 2.05) is 17.0 Å². The molecule has 1 amide bonds. The lowest BCUT2D eigenvalue weighted by atomic mass is 9.91. The van der Waals surface area contributed by atoms with E-state index in [0.717, 1.165) is 50.3 Å². The van der Waals surface area contributed by atoms with Gasteiger partial charge in [0.25, 0.3) is 0 Å². The van der Waals surface area contributed by atoms with Crippen LogP contribution >= 0.6 is 0 Å². The van der Waals surface area contributed by atoms with Crippen molar-refractivity contribution < 1.29 is 13.9 Å². The van der Waals surface area contributed by atoms with Crippen LogP contribution in [0.1, 0.15) is 31.2 Å². The molecule has 0 aliphatic carbocycles. The van der Waals surface area contributed by atoms with E-state index < -0.39 is 0 Å². The number of piperidine rings is 1. The highest BCUT2D eigenvalue weighted by atomic mass is 16.5. The number of likely N-dealkylation sites (tertiary alicyclic amines) is 1.